The van der Waals surface area contributed by atoms with Crippen molar-refractivity contribution in [1.82, 2.24) is 5.32 Å². The Morgan fingerprint density at radius 1 is 1.29 bits per heavy atom. The van der Waals surface area contributed by atoms with E-state index in [0.717, 1.165) is 5.69 Å². The standard InChI is InChI=1S/C13H21N3O/c1-13(2,14)9-15-12(17)10-5-7-11(8-6-10)16(3)4/h5-8H,9,14H2,1-4H3,(H,15,17). The summed E-state index contributed by atoms with van der Waals surface area (Å²) in [6, 6.07) is 7.47. The van der Waals surface area contributed by atoms with E-state index in [1.807, 2.05) is 57.1 Å². The first-order valence-electron chi connectivity index (χ1n) is 5.64. The second-order valence-corrected chi connectivity index (χ2v) is 5.11. The predicted molar refractivity (Wildman–Crippen MR) is 71.4 cm³/mol. The van der Waals surface area contributed by atoms with Gasteiger partial charge in [-0.05, 0) is 38.1 Å². The number of nitrogens with zero attached hydrogens (tertiary/aromatic N) is 1. The van der Waals surface area contributed by atoms with E-state index in [1.165, 1.54) is 0 Å². The minimum Gasteiger partial charge on any atom is -0.378 e. The average molecular weight is 235 g/mol. The van der Waals surface area contributed by atoms with Gasteiger partial charge in [0.1, 0.15) is 0 Å². The van der Waals surface area contributed by atoms with Crippen molar-refractivity contribution in [2.24, 2.45) is 5.73 Å². The van der Waals surface area contributed by atoms with Crippen LogP contribution in [0.1, 0.15) is 24.2 Å². The molecule has 0 aliphatic heterocycles. The van der Waals surface area contributed by atoms with Crippen LogP contribution in [0.5, 0.6) is 0 Å². The molecule has 0 fully saturated rings. The summed E-state index contributed by atoms with van der Waals surface area (Å²) in [7, 11) is 3.93. The Morgan fingerprint density at radius 3 is 2.24 bits per heavy atom. The number of hydrogen-bond donors (Lipinski definition) is 2. The summed E-state index contributed by atoms with van der Waals surface area (Å²) in [6.07, 6.45) is 0. The highest BCUT2D eigenvalue weighted by molar-refractivity contribution is 5.94. The largest absolute Gasteiger partial charge is 0.378 e. The van der Waals surface area contributed by atoms with E-state index < -0.39 is 0 Å². The van der Waals surface area contributed by atoms with Crippen LogP contribution in [0.25, 0.3) is 0 Å². The van der Waals surface area contributed by atoms with Crippen LogP contribution in [0.2, 0.25) is 0 Å². The molecule has 0 aliphatic carbocycles. The number of nitrogens with two attached hydrogens (primary N) is 1. The first-order chi connectivity index (χ1) is 7.79. The first-order valence-corrected chi connectivity index (χ1v) is 5.64. The molecule has 4 heteroatoms. The second kappa shape index (κ2) is 5.19. The van der Waals surface area contributed by atoms with E-state index in [2.05, 4.69) is 5.32 Å². The molecule has 0 aliphatic rings. The Labute approximate surface area is 103 Å². The molecule has 0 heterocycles. The van der Waals surface area contributed by atoms with E-state index in [-0.39, 0.29) is 11.4 Å². The van der Waals surface area contributed by atoms with Crippen molar-refractivity contribution in [3.05, 3.63) is 29.8 Å². The van der Waals surface area contributed by atoms with Gasteiger partial charge in [-0.3, -0.25) is 4.79 Å². The Morgan fingerprint density at radius 2 is 1.82 bits per heavy atom. The van der Waals surface area contributed by atoms with Gasteiger partial charge in [-0.1, -0.05) is 0 Å². The lowest BCUT2D eigenvalue weighted by atomic mass is 10.1. The van der Waals surface area contributed by atoms with Crippen molar-refractivity contribution in [3.63, 3.8) is 0 Å². The highest BCUT2D eigenvalue weighted by atomic mass is 16.1. The zero-order valence-corrected chi connectivity index (χ0v) is 10.9. The maximum Gasteiger partial charge on any atom is 0.251 e. The summed E-state index contributed by atoms with van der Waals surface area (Å²) in [5.41, 5.74) is 7.14. The minimum absolute atomic E-state index is 0.0890. The van der Waals surface area contributed by atoms with Crippen LogP contribution in [-0.4, -0.2) is 32.1 Å². The Kier molecular flexibility index (Phi) is 4.12. The second-order valence-electron chi connectivity index (χ2n) is 5.11. The smallest absolute Gasteiger partial charge is 0.251 e. The van der Waals surface area contributed by atoms with Crippen molar-refractivity contribution in [2.45, 2.75) is 19.4 Å². The van der Waals surface area contributed by atoms with Gasteiger partial charge in [0.05, 0.1) is 0 Å². The van der Waals surface area contributed by atoms with E-state index >= 15 is 0 Å². The maximum atomic E-state index is 11.8. The molecule has 4 nitrogen and oxygen atoms in total. The number of anilines is 1. The van der Waals surface area contributed by atoms with Crippen molar-refractivity contribution in [2.75, 3.05) is 25.5 Å². The molecule has 1 rings (SSSR count). The average Bonchev–Trinajstić information content (AvgIpc) is 2.25. The molecule has 1 aromatic carbocycles. The van der Waals surface area contributed by atoms with Crippen LogP contribution in [0.15, 0.2) is 24.3 Å². The topological polar surface area (TPSA) is 58.4 Å². The van der Waals surface area contributed by atoms with Crippen molar-refractivity contribution < 1.29 is 4.79 Å². The molecule has 0 aromatic heterocycles. The number of rotatable bonds is 4. The molecule has 17 heavy (non-hydrogen) atoms. The summed E-state index contributed by atoms with van der Waals surface area (Å²) in [5, 5.41) is 2.81. The molecule has 0 saturated heterocycles. The molecule has 0 spiro atoms. The van der Waals surface area contributed by atoms with Gasteiger partial charge in [0, 0.05) is 37.4 Å². The molecular formula is C13H21N3O. The molecule has 0 saturated carbocycles. The number of hydrogen-bond acceptors (Lipinski definition) is 3. The van der Waals surface area contributed by atoms with Gasteiger partial charge < -0.3 is 16.0 Å². The normalized spacial score (nSPS) is 11.1. The minimum atomic E-state index is -0.390. The van der Waals surface area contributed by atoms with Gasteiger partial charge >= 0.3 is 0 Å². The van der Waals surface area contributed by atoms with Gasteiger partial charge in [0.15, 0.2) is 0 Å². The molecule has 0 atom stereocenters. The van der Waals surface area contributed by atoms with Gasteiger partial charge in [-0.2, -0.15) is 0 Å². The molecule has 1 aromatic rings. The van der Waals surface area contributed by atoms with Crippen LogP contribution in [0.4, 0.5) is 5.69 Å². The fraction of sp³-hybridized carbons (Fsp3) is 0.462. The molecular weight excluding hydrogens is 214 g/mol. The van der Waals surface area contributed by atoms with Crippen LogP contribution in [-0.2, 0) is 0 Å². The predicted octanol–water partition coefficient (Wildman–Crippen LogP) is 1.22. The summed E-state index contributed by atoms with van der Waals surface area (Å²) in [4.78, 5) is 13.8. The summed E-state index contributed by atoms with van der Waals surface area (Å²) < 4.78 is 0. The third kappa shape index (κ3) is 4.44. The number of carbonyl (C=O) groups excluding carboxylic acids is 1. The third-order valence-electron chi connectivity index (χ3n) is 2.35. The third-order valence-corrected chi connectivity index (χ3v) is 2.35. The molecule has 0 bridgehead atoms. The zero-order valence-electron chi connectivity index (χ0n) is 10.9. The van der Waals surface area contributed by atoms with Crippen LogP contribution < -0.4 is 16.0 Å². The molecule has 0 unspecified atom stereocenters. The monoisotopic (exact) mass is 235 g/mol. The highest BCUT2D eigenvalue weighted by Gasteiger charge is 2.13. The number of amides is 1. The Bertz CT molecular complexity index is 377. The highest BCUT2D eigenvalue weighted by Crippen LogP contribution is 2.12. The van der Waals surface area contributed by atoms with E-state index in [1.54, 1.807) is 0 Å². The maximum absolute atomic E-state index is 11.8. The number of nitrogens with one attached hydrogen (secondary N) is 1. The first kappa shape index (κ1) is 13.5. The summed E-state index contributed by atoms with van der Waals surface area (Å²) in [5.74, 6) is -0.0890. The molecule has 94 valence electrons. The number of carbonyl (C=O) groups is 1. The Hall–Kier alpha value is -1.55. The molecule has 1 amide bonds. The molecule has 3 N–H and O–H groups in total. The fourth-order valence-corrected chi connectivity index (χ4v) is 1.32. The van der Waals surface area contributed by atoms with Crippen molar-refractivity contribution >= 4 is 11.6 Å². The van der Waals surface area contributed by atoms with Gasteiger partial charge in [0.2, 0.25) is 0 Å². The molecule has 0 radical (unpaired) electrons. The van der Waals surface area contributed by atoms with E-state index in [9.17, 15) is 4.79 Å². The Balaban J connectivity index is 2.64. The van der Waals surface area contributed by atoms with Gasteiger partial charge in [0.25, 0.3) is 5.91 Å². The van der Waals surface area contributed by atoms with E-state index in [4.69, 9.17) is 5.73 Å². The van der Waals surface area contributed by atoms with Crippen molar-refractivity contribution in [1.29, 1.82) is 0 Å². The van der Waals surface area contributed by atoms with Gasteiger partial charge in [-0.15, -0.1) is 0 Å². The van der Waals surface area contributed by atoms with E-state index in [0.29, 0.717) is 12.1 Å². The lowest BCUT2D eigenvalue weighted by molar-refractivity contribution is 0.0946. The fourth-order valence-electron chi connectivity index (χ4n) is 1.32. The van der Waals surface area contributed by atoms with Crippen LogP contribution >= 0.6 is 0 Å². The zero-order chi connectivity index (χ0) is 13.1. The quantitative estimate of drug-likeness (QED) is 0.825. The summed E-state index contributed by atoms with van der Waals surface area (Å²) >= 11 is 0. The lowest BCUT2D eigenvalue weighted by Gasteiger charge is -2.19. The summed E-state index contributed by atoms with van der Waals surface area (Å²) in [6.45, 7) is 4.21. The van der Waals surface area contributed by atoms with Crippen LogP contribution in [0.3, 0.4) is 0 Å². The SMILES string of the molecule is CN(C)c1ccc(C(=O)NCC(C)(C)N)cc1. The number of benzene rings is 1. The van der Waals surface area contributed by atoms with Crippen LogP contribution in [0, 0.1) is 0 Å². The lowest BCUT2D eigenvalue weighted by Crippen LogP contribution is -2.45. The van der Waals surface area contributed by atoms with Gasteiger partial charge in [-0.25, -0.2) is 0 Å². The van der Waals surface area contributed by atoms with Crippen molar-refractivity contribution in [3.8, 4) is 0 Å².